The maximum absolute atomic E-state index is 13.7. The van der Waals surface area contributed by atoms with Gasteiger partial charge < -0.3 is 66.8 Å². The molecule has 0 bridgehead atoms. The van der Waals surface area contributed by atoms with Crippen LogP contribution in [0.25, 0.3) is 0 Å². The van der Waals surface area contributed by atoms with Crippen molar-refractivity contribution in [3.63, 3.8) is 0 Å². The van der Waals surface area contributed by atoms with Crippen molar-refractivity contribution in [1.82, 2.24) is 30.2 Å². The number of hydrogen-bond donors (Lipinski definition) is 13. The number of aliphatic hydroxyl groups excluding tert-OH is 5. The lowest BCUT2D eigenvalue weighted by atomic mass is 9.82. The number of rotatable bonds is 29. The van der Waals surface area contributed by atoms with Crippen LogP contribution >= 0.6 is 0 Å². The standard InChI is InChI=1S/C44H70N6O19/c1-3-44(4-2,26-46-40(63)38(61)37(60)36(59)32(52)24-51)25-45-39(62)28-7-5-6-27(22-28)23-47-14-16-48(29(41(64)65)8-11-33(53)54)18-20-50(31(43(68)69)10-13-35(57)58)21-19-49(17-15-47)30(42(66)67)9-12-34(55)56/h5-7,22,29-32,36-38,51-52,59-61H,3-4,8-21,23-26H2,1-2H3,(H,45,62)(H,46,63)(H,53,54)(H,55,56)(H,57,58)(H,64,65)(H,66,67)(H,68,69)/t29-,30-,31-,32?,36?,37?,38?/m1/s1. The van der Waals surface area contributed by atoms with Crippen LogP contribution in [0.1, 0.15) is 81.1 Å². The second-order valence-corrected chi connectivity index (χ2v) is 17.2. The molecule has 390 valence electrons. The molecular formula is C44H70N6O19. The molecule has 2 rings (SSSR count). The lowest BCUT2D eigenvalue weighted by Crippen LogP contribution is -2.54. The molecule has 0 spiro atoms. The van der Waals surface area contributed by atoms with Crippen molar-refractivity contribution in [2.75, 3.05) is 72.1 Å². The fraction of sp³-hybridized carbons (Fsp3) is 0.682. The predicted molar refractivity (Wildman–Crippen MR) is 241 cm³/mol. The molecule has 1 heterocycles. The second-order valence-electron chi connectivity index (χ2n) is 17.2. The van der Waals surface area contributed by atoms with Crippen molar-refractivity contribution < 1.29 is 94.5 Å². The summed E-state index contributed by atoms with van der Waals surface area (Å²) >= 11 is 0. The average Bonchev–Trinajstić information content (AvgIpc) is 3.30. The fourth-order valence-electron chi connectivity index (χ4n) is 8.07. The summed E-state index contributed by atoms with van der Waals surface area (Å²) in [6, 6.07) is 2.42. The highest BCUT2D eigenvalue weighted by Gasteiger charge is 2.37. The normalized spacial score (nSPS) is 18.2. The van der Waals surface area contributed by atoms with Crippen LogP contribution in [0.5, 0.6) is 0 Å². The number of hydrogen-bond acceptors (Lipinski definition) is 17. The number of nitrogens with one attached hydrogen (secondary N) is 2. The van der Waals surface area contributed by atoms with Gasteiger partial charge in [0, 0.05) is 102 Å². The molecule has 69 heavy (non-hydrogen) atoms. The molecule has 1 fully saturated rings. The first-order valence-electron chi connectivity index (χ1n) is 22.8. The van der Waals surface area contributed by atoms with Crippen LogP contribution in [0.4, 0.5) is 0 Å². The summed E-state index contributed by atoms with van der Waals surface area (Å²) in [6.45, 7) is 2.35. The summed E-state index contributed by atoms with van der Waals surface area (Å²) in [7, 11) is 0. The Labute approximate surface area is 398 Å². The van der Waals surface area contributed by atoms with Crippen LogP contribution in [0, 0.1) is 5.41 Å². The zero-order valence-electron chi connectivity index (χ0n) is 39.0. The molecule has 25 heteroatoms. The van der Waals surface area contributed by atoms with Gasteiger partial charge in [-0.2, -0.15) is 0 Å². The Hall–Kier alpha value is -5.38. The number of aliphatic hydroxyl groups is 5. The zero-order valence-corrected chi connectivity index (χ0v) is 39.0. The van der Waals surface area contributed by atoms with Gasteiger partial charge in [0.1, 0.15) is 36.4 Å². The van der Waals surface area contributed by atoms with Crippen LogP contribution in [0.15, 0.2) is 24.3 Å². The molecule has 2 amide bonds. The molecule has 1 aliphatic heterocycles. The SMILES string of the molecule is CCC(CC)(CNC(=O)c1cccc(CN2CCN([C@H](CCC(=O)O)C(=O)O)CCN([C@H](CCC(=O)O)C(=O)O)CCN([C@H](CCC(=O)O)C(=O)O)CC2)c1)CNC(=O)C(O)C(O)C(O)C(O)CO. The zero-order chi connectivity index (χ0) is 52.0. The molecule has 13 N–H and O–H groups in total. The van der Waals surface area contributed by atoms with E-state index in [2.05, 4.69) is 10.6 Å². The lowest BCUT2D eigenvalue weighted by molar-refractivity contribution is -0.149. The van der Waals surface area contributed by atoms with Crippen molar-refractivity contribution >= 4 is 47.6 Å². The van der Waals surface area contributed by atoms with Gasteiger partial charge in [-0.15, -0.1) is 0 Å². The highest BCUT2D eigenvalue weighted by atomic mass is 16.4. The molecule has 7 atom stereocenters. The quantitative estimate of drug-likeness (QED) is 0.0393. The summed E-state index contributed by atoms with van der Waals surface area (Å²) in [5, 5.41) is 113. The van der Waals surface area contributed by atoms with Gasteiger partial charge in [-0.1, -0.05) is 26.0 Å². The van der Waals surface area contributed by atoms with Gasteiger partial charge in [0.2, 0.25) is 0 Å². The van der Waals surface area contributed by atoms with E-state index < -0.39 is 121 Å². The number of aliphatic carboxylic acids is 6. The first kappa shape index (κ1) is 59.7. The topological polar surface area (TPSA) is 396 Å². The highest BCUT2D eigenvalue weighted by Crippen LogP contribution is 2.25. The number of amides is 2. The van der Waals surface area contributed by atoms with E-state index in [0.717, 1.165) is 0 Å². The monoisotopic (exact) mass is 986 g/mol. The molecule has 4 unspecified atom stereocenters. The Balaban J connectivity index is 2.48. The first-order chi connectivity index (χ1) is 32.5. The Bertz CT molecular complexity index is 1820. The number of nitrogens with zero attached hydrogens (tertiary/aromatic N) is 4. The Morgan fingerprint density at radius 3 is 1.38 bits per heavy atom. The summed E-state index contributed by atoms with van der Waals surface area (Å²) < 4.78 is 0. The number of carbonyl (C=O) groups is 8. The summed E-state index contributed by atoms with van der Waals surface area (Å²) in [5.41, 5.74) is 0.0585. The van der Waals surface area contributed by atoms with Crippen molar-refractivity contribution in [3.05, 3.63) is 35.4 Å². The van der Waals surface area contributed by atoms with Gasteiger partial charge in [-0.25, -0.2) is 0 Å². The fourth-order valence-corrected chi connectivity index (χ4v) is 8.07. The van der Waals surface area contributed by atoms with E-state index in [1.807, 2.05) is 18.7 Å². The number of carboxylic acids is 6. The maximum atomic E-state index is 13.7. The molecule has 0 saturated carbocycles. The van der Waals surface area contributed by atoms with Crippen molar-refractivity contribution in [2.45, 2.75) is 114 Å². The van der Waals surface area contributed by atoms with E-state index in [4.69, 9.17) is 5.11 Å². The third-order valence-electron chi connectivity index (χ3n) is 12.7. The summed E-state index contributed by atoms with van der Waals surface area (Å²) in [6.07, 6.45) is -9.75. The third kappa shape index (κ3) is 19.9. The molecule has 1 aliphatic rings. The van der Waals surface area contributed by atoms with E-state index >= 15 is 0 Å². The molecule has 1 aromatic rings. The highest BCUT2D eigenvalue weighted by molar-refractivity contribution is 5.94. The molecular weight excluding hydrogens is 917 g/mol. The van der Waals surface area contributed by atoms with Crippen molar-refractivity contribution in [3.8, 4) is 0 Å². The predicted octanol–water partition coefficient (Wildman–Crippen LogP) is -2.55. The number of carbonyl (C=O) groups excluding carboxylic acids is 2. The van der Waals surface area contributed by atoms with Crippen LogP contribution < -0.4 is 10.6 Å². The van der Waals surface area contributed by atoms with Gasteiger partial charge in [0.15, 0.2) is 6.10 Å². The van der Waals surface area contributed by atoms with Crippen LogP contribution in [0.2, 0.25) is 0 Å². The van der Waals surface area contributed by atoms with Gasteiger partial charge >= 0.3 is 35.8 Å². The molecule has 1 aromatic carbocycles. The molecule has 0 aliphatic carbocycles. The Morgan fingerprint density at radius 1 is 0.594 bits per heavy atom. The molecule has 1 saturated heterocycles. The van der Waals surface area contributed by atoms with E-state index in [-0.39, 0.29) is 96.8 Å². The lowest BCUT2D eigenvalue weighted by Gasteiger charge is -2.38. The van der Waals surface area contributed by atoms with Crippen molar-refractivity contribution in [2.24, 2.45) is 5.41 Å². The van der Waals surface area contributed by atoms with Crippen LogP contribution in [-0.4, -0.2) is 238 Å². The Morgan fingerprint density at radius 2 is 1.00 bits per heavy atom. The Kier molecular flexibility index (Phi) is 25.6. The van der Waals surface area contributed by atoms with E-state index in [1.54, 1.807) is 24.3 Å². The van der Waals surface area contributed by atoms with E-state index in [0.29, 0.717) is 18.4 Å². The number of benzene rings is 1. The molecule has 0 aromatic heterocycles. The summed E-state index contributed by atoms with van der Waals surface area (Å²) in [5.74, 6) is -9.37. The maximum Gasteiger partial charge on any atom is 0.320 e. The summed E-state index contributed by atoms with van der Waals surface area (Å²) in [4.78, 5) is 105. The minimum atomic E-state index is -2.16. The third-order valence-corrected chi connectivity index (χ3v) is 12.7. The van der Waals surface area contributed by atoms with Crippen molar-refractivity contribution in [1.29, 1.82) is 0 Å². The van der Waals surface area contributed by atoms with E-state index in [1.165, 1.54) is 14.7 Å². The van der Waals surface area contributed by atoms with Gasteiger partial charge in [0.05, 0.1) is 6.61 Å². The molecule has 25 nitrogen and oxygen atoms in total. The van der Waals surface area contributed by atoms with Gasteiger partial charge in [-0.3, -0.25) is 58.0 Å². The van der Waals surface area contributed by atoms with Crippen LogP contribution in [-0.2, 0) is 40.1 Å². The average molecular weight is 987 g/mol. The molecule has 0 radical (unpaired) electrons. The smallest absolute Gasteiger partial charge is 0.320 e. The minimum Gasteiger partial charge on any atom is -0.481 e. The first-order valence-corrected chi connectivity index (χ1v) is 22.8. The largest absolute Gasteiger partial charge is 0.481 e. The second kappa shape index (κ2) is 29.6. The minimum absolute atomic E-state index is 0.0212. The number of carboxylic acid groups (broad SMARTS) is 6. The van der Waals surface area contributed by atoms with Gasteiger partial charge in [-0.05, 0) is 49.8 Å². The van der Waals surface area contributed by atoms with Crippen LogP contribution in [0.3, 0.4) is 0 Å². The van der Waals surface area contributed by atoms with Gasteiger partial charge in [0.25, 0.3) is 11.8 Å². The van der Waals surface area contributed by atoms with E-state index in [9.17, 15) is 89.4 Å².